The lowest BCUT2D eigenvalue weighted by Gasteiger charge is -2.22. The van der Waals surface area contributed by atoms with E-state index in [1.54, 1.807) is 4.90 Å². The standard InChI is InChI=1S/C15H25N3O.2ClH/c1-10(2)14(16)8-9-18(5)15(19)13-7-6-11(3)17-12(13)4;;/h6-7,10,14H,8-9,16H2,1-5H3;2*1H. The van der Waals surface area contributed by atoms with Crippen LogP contribution >= 0.6 is 24.8 Å². The highest BCUT2D eigenvalue weighted by Gasteiger charge is 2.16. The third kappa shape index (κ3) is 6.64. The number of nitrogens with two attached hydrogens (primary N) is 1. The maximum atomic E-state index is 12.3. The van der Waals surface area contributed by atoms with E-state index >= 15 is 0 Å². The molecule has 0 fully saturated rings. The van der Waals surface area contributed by atoms with Crippen molar-refractivity contribution in [2.24, 2.45) is 11.7 Å². The van der Waals surface area contributed by atoms with Crippen LogP contribution in [0.4, 0.5) is 0 Å². The van der Waals surface area contributed by atoms with E-state index in [-0.39, 0.29) is 36.8 Å². The van der Waals surface area contributed by atoms with Crippen LogP contribution in [0.5, 0.6) is 0 Å². The minimum Gasteiger partial charge on any atom is -0.342 e. The Hall–Kier alpha value is -0.840. The molecule has 0 saturated carbocycles. The minimum atomic E-state index is 0. The number of hydrogen-bond donors (Lipinski definition) is 1. The summed E-state index contributed by atoms with van der Waals surface area (Å²) in [5, 5.41) is 0. The molecule has 0 bridgehead atoms. The molecule has 0 aliphatic rings. The predicted molar refractivity (Wildman–Crippen MR) is 92.6 cm³/mol. The summed E-state index contributed by atoms with van der Waals surface area (Å²) >= 11 is 0. The van der Waals surface area contributed by atoms with Crippen LogP contribution in [-0.2, 0) is 0 Å². The van der Waals surface area contributed by atoms with Crippen LogP contribution in [0.15, 0.2) is 12.1 Å². The Morgan fingerprint density at radius 1 is 1.29 bits per heavy atom. The first-order valence-electron chi connectivity index (χ1n) is 6.78. The second-order valence-corrected chi connectivity index (χ2v) is 5.51. The van der Waals surface area contributed by atoms with Crippen molar-refractivity contribution in [1.29, 1.82) is 0 Å². The van der Waals surface area contributed by atoms with Crippen molar-refractivity contribution >= 4 is 30.7 Å². The first kappa shape index (κ1) is 22.4. The maximum absolute atomic E-state index is 12.3. The van der Waals surface area contributed by atoms with Gasteiger partial charge in [-0.2, -0.15) is 0 Å². The van der Waals surface area contributed by atoms with Gasteiger partial charge in [0.15, 0.2) is 0 Å². The normalized spacial score (nSPS) is 11.4. The van der Waals surface area contributed by atoms with E-state index < -0.39 is 0 Å². The van der Waals surface area contributed by atoms with Gasteiger partial charge >= 0.3 is 0 Å². The molecule has 1 unspecified atom stereocenters. The summed E-state index contributed by atoms with van der Waals surface area (Å²) in [7, 11) is 1.81. The van der Waals surface area contributed by atoms with Crippen LogP contribution in [-0.4, -0.2) is 35.4 Å². The zero-order chi connectivity index (χ0) is 14.6. The third-order valence-electron chi connectivity index (χ3n) is 3.46. The monoisotopic (exact) mass is 335 g/mol. The predicted octanol–water partition coefficient (Wildman–Crippen LogP) is 2.99. The van der Waals surface area contributed by atoms with Gasteiger partial charge in [-0.3, -0.25) is 9.78 Å². The molecule has 1 rings (SSSR count). The van der Waals surface area contributed by atoms with E-state index in [4.69, 9.17) is 5.73 Å². The van der Waals surface area contributed by atoms with Gasteiger partial charge in [-0.05, 0) is 38.3 Å². The molecule has 2 N–H and O–H groups in total. The van der Waals surface area contributed by atoms with Crippen molar-refractivity contribution in [3.8, 4) is 0 Å². The lowest BCUT2D eigenvalue weighted by molar-refractivity contribution is 0.0788. The van der Waals surface area contributed by atoms with Crippen molar-refractivity contribution in [2.75, 3.05) is 13.6 Å². The second kappa shape index (κ2) is 9.98. The smallest absolute Gasteiger partial charge is 0.255 e. The van der Waals surface area contributed by atoms with Crippen LogP contribution in [0.1, 0.15) is 42.0 Å². The summed E-state index contributed by atoms with van der Waals surface area (Å²) in [4.78, 5) is 18.4. The average Bonchev–Trinajstić information content (AvgIpc) is 2.34. The molecule has 1 atom stereocenters. The highest BCUT2D eigenvalue weighted by molar-refractivity contribution is 5.95. The summed E-state index contributed by atoms with van der Waals surface area (Å²) in [6.07, 6.45) is 0.818. The molecular formula is C15H27Cl2N3O. The molecular weight excluding hydrogens is 309 g/mol. The quantitative estimate of drug-likeness (QED) is 0.899. The lowest BCUT2D eigenvalue weighted by Crippen LogP contribution is -2.35. The molecule has 6 heteroatoms. The van der Waals surface area contributed by atoms with E-state index in [9.17, 15) is 4.79 Å². The lowest BCUT2D eigenvalue weighted by atomic mass is 10.0. The highest BCUT2D eigenvalue weighted by Crippen LogP contribution is 2.11. The van der Waals surface area contributed by atoms with E-state index in [0.29, 0.717) is 18.0 Å². The van der Waals surface area contributed by atoms with Crippen LogP contribution in [0, 0.1) is 19.8 Å². The molecule has 1 amide bonds. The molecule has 0 aromatic carbocycles. The largest absolute Gasteiger partial charge is 0.342 e. The molecule has 0 spiro atoms. The number of aryl methyl sites for hydroxylation is 2. The fourth-order valence-electron chi connectivity index (χ4n) is 1.90. The number of halogens is 2. The van der Waals surface area contributed by atoms with Gasteiger partial charge < -0.3 is 10.6 Å². The number of aromatic nitrogens is 1. The summed E-state index contributed by atoms with van der Waals surface area (Å²) in [6.45, 7) is 8.66. The van der Waals surface area contributed by atoms with Crippen molar-refractivity contribution in [3.63, 3.8) is 0 Å². The van der Waals surface area contributed by atoms with Gasteiger partial charge in [-0.15, -0.1) is 24.8 Å². The minimum absolute atomic E-state index is 0. The number of rotatable bonds is 5. The number of carbonyl (C=O) groups is 1. The summed E-state index contributed by atoms with van der Waals surface area (Å²) in [5.74, 6) is 0.451. The molecule has 1 heterocycles. The molecule has 0 aliphatic carbocycles. The van der Waals surface area contributed by atoms with Crippen molar-refractivity contribution in [3.05, 3.63) is 29.1 Å². The Morgan fingerprint density at radius 3 is 2.33 bits per heavy atom. The Balaban J connectivity index is 0. The maximum Gasteiger partial charge on any atom is 0.255 e. The van der Waals surface area contributed by atoms with Crippen molar-refractivity contribution in [1.82, 2.24) is 9.88 Å². The first-order valence-corrected chi connectivity index (χ1v) is 6.78. The number of pyridine rings is 1. The average molecular weight is 336 g/mol. The fourth-order valence-corrected chi connectivity index (χ4v) is 1.90. The van der Waals surface area contributed by atoms with E-state index in [1.165, 1.54) is 0 Å². The van der Waals surface area contributed by atoms with Gasteiger partial charge in [0, 0.05) is 25.3 Å². The van der Waals surface area contributed by atoms with E-state index in [1.807, 2.05) is 33.0 Å². The number of hydrogen-bond acceptors (Lipinski definition) is 3. The zero-order valence-corrected chi connectivity index (χ0v) is 15.1. The molecule has 1 aromatic heterocycles. The molecule has 4 nitrogen and oxygen atoms in total. The van der Waals surface area contributed by atoms with Crippen molar-refractivity contribution < 1.29 is 4.79 Å². The number of amides is 1. The van der Waals surface area contributed by atoms with Gasteiger partial charge in [0.25, 0.3) is 5.91 Å². The van der Waals surface area contributed by atoms with E-state index in [0.717, 1.165) is 17.8 Å². The Labute approximate surface area is 140 Å². The second-order valence-electron chi connectivity index (χ2n) is 5.51. The Kier molecular flexibility index (Phi) is 10.7. The Bertz CT molecular complexity index is 453. The van der Waals surface area contributed by atoms with Gasteiger partial charge in [0.1, 0.15) is 0 Å². The molecule has 0 radical (unpaired) electrons. The molecule has 0 saturated heterocycles. The van der Waals surface area contributed by atoms with Gasteiger partial charge in [0.05, 0.1) is 11.3 Å². The Morgan fingerprint density at radius 2 is 1.86 bits per heavy atom. The van der Waals surface area contributed by atoms with Crippen molar-refractivity contribution in [2.45, 2.75) is 40.2 Å². The van der Waals surface area contributed by atoms with Gasteiger partial charge in [-0.25, -0.2) is 0 Å². The summed E-state index contributed by atoms with van der Waals surface area (Å²) < 4.78 is 0. The molecule has 0 aliphatic heterocycles. The summed E-state index contributed by atoms with van der Waals surface area (Å²) in [5.41, 5.74) is 8.39. The molecule has 1 aromatic rings. The highest BCUT2D eigenvalue weighted by atomic mass is 35.5. The van der Waals surface area contributed by atoms with Gasteiger partial charge in [0.2, 0.25) is 0 Å². The number of carbonyl (C=O) groups excluding carboxylic acids is 1. The van der Waals surface area contributed by atoms with E-state index in [2.05, 4.69) is 18.8 Å². The van der Waals surface area contributed by atoms with Gasteiger partial charge in [-0.1, -0.05) is 13.8 Å². The zero-order valence-electron chi connectivity index (χ0n) is 13.4. The van der Waals surface area contributed by atoms with Crippen LogP contribution in [0.3, 0.4) is 0 Å². The SMILES string of the molecule is Cc1ccc(C(=O)N(C)CCC(N)C(C)C)c(C)n1.Cl.Cl. The summed E-state index contributed by atoms with van der Waals surface area (Å²) in [6, 6.07) is 3.85. The molecule has 122 valence electrons. The van der Waals surface area contributed by atoms with Crippen LogP contribution in [0.25, 0.3) is 0 Å². The fraction of sp³-hybridized carbons (Fsp3) is 0.600. The number of nitrogens with zero attached hydrogens (tertiary/aromatic N) is 2. The molecule has 21 heavy (non-hydrogen) atoms. The topological polar surface area (TPSA) is 59.2 Å². The third-order valence-corrected chi connectivity index (χ3v) is 3.46. The van der Waals surface area contributed by atoms with Crippen LogP contribution < -0.4 is 5.73 Å². The van der Waals surface area contributed by atoms with Crippen LogP contribution in [0.2, 0.25) is 0 Å². The first-order chi connectivity index (χ1) is 8.82.